The number of halogens is 1. The smallest absolute Gasteiger partial charge is 0.137 e. The van der Waals surface area contributed by atoms with E-state index in [1.165, 1.54) is 0 Å². The molecule has 142 valence electrons. The van der Waals surface area contributed by atoms with E-state index in [1.54, 1.807) is 11.8 Å². The minimum Gasteiger partial charge on any atom is -0.492 e. The molecule has 0 spiro atoms. The highest BCUT2D eigenvalue weighted by Gasteiger charge is 2.08. The van der Waals surface area contributed by atoms with Crippen LogP contribution in [0.4, 0.5) is 0 Å². The summed E-state index contributed by atoms with van der Waals surface area (Å²) < 4.78 is 11.2. The third-order valence-corrected chi connectivity index (χ3v) is 4.92. The fourth-order valence-electron chi connectivity index (χ4n) is 2.14. The molecule has 1 aromatic carbocycles. The lowest BCUT2D eigenvalue weighted by Crippen LogP contribution is -2.18. The van der Waals surface area contributed by atoms with Crippen molar-refractivity contribution in [3.63, 3.8) is 0 Å². The Morgan fingerprint density at radius 1 is 1.23 bits per heavy atom. The van der Waals surface area contributed by atoms with Crippen molar-refractivity contribution in [2.45, 2.75) is 37.2 Å². The fraction of sp³-hybridized carbons (Fsp3) is 0.400. The average Bonchev–Trinajstić information content (AvgIpc) is 2.87. The monoisotopic (exact) mass is 396 g/mol. The van der Waals surface area contributed by atoms with E-state index in [9.17, 15) is 5.11 Å². The fourth-order valence-corrected chi connectivity index (χ4v) is 3.34. The van der Waals surface area contributed by atoms with Gasteiger partial charge in [0.25, 0.3) is 0 Å². The van der Waals surface area contributed by atoms with Crippen LogP contribution in [0.1, 0.15) is 26.2 Å². The second-order valence-corrected chi connectivity index (χ2v) is 7.38. The van der Waals surface area contributed by atoms with Gasteiger partial charge in [-0.25, -0.2) is 0 Å². The molecule has 0 amide bonds. The van der Waals surface area contributed by atoms with Crippen molar-refractivity contribution in [2.75, 3.05) is 19.8 Å². The lowest BCUT2D eigenvalue weighted by molar-refractivity contribution is 0.0328. The first-order chi connectivity index (χ1) is 12.6. The number of aliphatic hydroxyl groups excluding tert-OH is 2. The maximum absolute atomic E-state index is 9.36. The van der Waals surface area contributed by atoms with E-state index in [0.717, 1.165) is 34.8 Å². The number of unbranched alkanes of at least 4 members (excludes halogenated alkanes) is 1. The molecule has 0 fully saturated rings. The number of aliphatic hydroxyl groups is 2. The van der Waals surface area contributed by atoms with Gasteiger partial charge in [0.05, 0.1) is 18.2 Å². The summed E-state index contributed by atoms with van der Waals surface area (Å²) in [7, 11) is 0. The molecule has 0 aliphatic heterocycles. The van der Waals surface area contributed by atoms with E-state index in [-0.39, 0.29) is 13.2 Å². The van der Waals surface area contributed by atoms with Crippen molar-refractivity contribution in [3.05, 3.63) is 58.2 Å². The Morgan fingerprint density at radius 2 is 2.08 bits per heavy atom. The normalized spacial score (nSPS) is 15.1. The Hall–Kier alpha value is -1.40. The van der Waals surface area contributed by atoms with E-state index < -0.39 is 6.10 Å². The molecule has 0 heterocycles. The molecule has 1 unspecified atom stereocenters. The lowest BCUT2D eigenvalue weighted by atomic mass is 10.3. The van der Waals surface area contributed by atoms with E-state index in [4.69, 9.17) is 26.2 Å². The van der Waals surface area contributed by atoms with Crippen molar-refractivity contribution >= 4 is 23.4 Å². The molecule has 2 rings (SSSR count). The van der Waals surface area contributed by atoms with Crippen LogP contribution in [0.25, 0.3) is 0 Å². The molecule has 0 saturated carbocycles. The predicted molar refractivity (Wildman–Crippen MR) is 107 cm³/mol. The average molecular weight is 397 g/mol. The Balaban J connectivity index is 1.91. The number of allylic oxidation sites excluding steroid dienone is 4. The summed E-state index contributed by atoms with van der Waals surface area (Å²) in [6, 6.07) is 5.82. The maximum Gasteiger partial charge on any atom is 0.137 e. The summed E-state index contributed by atoms with van der Waals surface area (Å²) in [5.74, 6) is 1.40. The van der Waals surface area contributed by atoms with Crippen LogP contribution in [-0.4, -0.2) is 36.1 Å². The molecule has 1 aliphatic carbocycles. The molecule has 0 aromatic heterocycles. The largest absolute Gasteiger partial charge is 0.492 e. The second-order valence-electron chi connectivity index (χ2n) is 5.83. The van der Waals surface area contributed by atoms with Gasteiger partial charge >= 0.3 is 0 Å². The lowest BCUT2D eigenvalue weighted by Gasteiger charge is -2.10. The number of benzene rings is 1. The van der Waals surface area contributed by atoms with Gasteiger partial charge in [0, 0.05) is 9.80 Å². The Bertz CT molecular complexity index is 670. The highest BCUT2D eigenvalue weighted by atomic mass is 35.5. The minimum atomic E-state index is -0.866. The SMILES string of the molecule is CCCCOc1ccc(SC2=CCC=C(OCC(O)CO)C=C2)cc1Cl. The van der Waals surface area contributed by atoms with Gasteiger partial charge < -0.3 is 19.7 Å². The third kappa shape index (κ3) is 7.08. The maximum atomic E-state index is 9.36. The van der Waals surface area contributed by atoms with Crippen LogP contribution in [0.2, 0.25) is 5.02 Å². The van der Waals surface area contributed by atoms with Crippen molar-refractivity contribution < 1.29 is 19.7 Å². The summed E-state index contributed by atoms with van der Waals surface area (Å²) in [6.07, 6.45) is 9.82. The van der Waals surface area contributed by atoms with Crippen LogP contribution in [0, 0.1) is 0 Å². The topological polar surface area (TPSA) is 58.9 Å². The summed E-state index contributed by atoms with van der Waals surface area (Å²) in [6.45, 7) is 2.56. The van der Waals surface area contributed by atoms with Gasteiger partial charge in [-0.15, -0.1) is 0 Å². The van der Waals surface area contributed by atoms with Crippen molar-refractivity contribution in [3.8, 4) is 5.75 Å². The van der Waals surface area contributed by atoms with E-state index >= 15 is 0 Å². The van der Waals surface area contributed by atoms with Gasteiger partial charge in [0.15, 0.2) is 0 Å². The zero-order valence-electron chi connectivity index (χ0n) is 14.9. The van der Waals surface area contributed by atoms with Crippen LogP contribution in [0.5, 0.6) is 5.75 Å². The van der Waals surface area contributed by atoms with Crippen LogP contribution >= 0.6 is 23.4 Å². The molecule has 0 saturated heterocycles. The molecular formula is C20H25ClO4S. The summed E-state index contributed by atoms with van der Waals surface area (Å²) >= 11 is 7.93. The molecule has 1 aliphatic rings. The molecule has 26 heavy (non-hydrogen) atoms. The van der Waals surface area contributed by atoms with Crippen LogP contribution in [0.3, 0.4) is 0 Å². The molecule has 1 aromatic rings. The molecule has 1 atom stereocenters. The van der Waals surface area contributed by atoms with Gasteiger partial charge in [-0.05, 0) is 49.3 Å². The molecule has 4 nitrogen and oxygen atoms in total. The molecule has 2 N–H and O–H groups in total. The number of rotatable bonds is 10. The third-order valence-electron chi connectivity index (χ3n) is 3.60. The minimum absolute atomic E-state index is 0.0737. The van der Waals surface area contributed by atoms with E-state index in [0.29, 0.717) is 17.4 Å². The number of ether oxygens (including phenoxy) is 2. The van der Waals surface area contributed by atoms with Crippen LogP contribution in [-0.2, 0) is 4.74 Å². The summed E-state index contributed by atoms with van der Waals surface area (Å²) in [5.41, 5.74) is 0. The standard InChI is InChI=1S/C20H25ClO4S/c1-2-3-11-24-20-10-9-18(12-19(20)21)26-17-6-4-5-16(7-8-17)25-14-15(23)13-22/h5-10,12,15,22-23H,2-4,11,13-14H2,1H3. The van der Waals surface area contributed by atoms with Crippen molar-refractivity contribution in [2.24, 2.45) is 0 Å². The Kier molecular flexibility index (Phi) is 9.12. The Labute approximate surface area is 164 Å². The van der Waals surface area contributed by atoms with Gasteiger partial charge in [0.1, 0.15) is 24.2 Å². The quantitative estimate of drug-likeness (QED) is 0.561. The molecular weight excluding hydrogens is 372 g/mol. The number of hydrogen-bond acceptors (Lipinski definition) is 5. The van der Waals surface area contributed by atoms with Crippen molar-refractivity contribution in [1.29, 1.82) is 0 Å². The highest BCUT2D eigenvalue weighted by Crippen LogP contribution is 2.35. The molecule has 0 bridgehead atoms. The zero-order chi connectivity index (χ0) is 18.8. The predicted octanol–water partition coefficient (Wildman–Crippen LogP) is 4.71. The van der Waals surface area contributed by atoms with Gasteiger partial charge in [0.2, 0.25) is 0 Å². The first-order valence-corrected chi connectivity index (χ1v) is 9.92. The van der Waals surface area contributed by atoms with Gasteiger partial charge in [-0.2, -0.15) is 0 Å². The summed E-state index contributed by atoms with van der Waals surface area (Å²) in [4.78, 5) is 2.12. The number of thioether (sulfide) groups is 1. The van der Waals surface area contributed by atoms with Crippen LogP contribution < -0.4 is 4.74 Å². The van der Waals surface area contributed by atoms with E-state index in [1.807, 2.05) is 36.4 Å². The van der Waals surface area contributed by atoms with Gasteiger partial charge in [-0.3, -0.25) is 0 Å². The van der Waals surface area contributed by atoms with Gasteiger partial charge in [-0.1, -0.05) is 42.8 Å². The second kappa shape index (κ2) is 11.3. The Morgan fingerprint density at radius 3 is 2.81 bits per heavy atom. The molecule has 6 heteroatoms. The summed E-state index contributed by atoms with van der Waals surface area (Å²) in [5, 5.41) is 18.8. The van der Waals surface area contributed by atoms with E-state index in [2.05, 4.69) is 13.0 Å². The molecule has 0 radical (unpaired) electrons. The van der Waals surface area contributed by atoms with Crippen molar-refractivity contribution in [1.82, 2.24) is 0 Å². The zero-order valence-corrected chi connectivity index (χ0v) is 16.4. The first kappa shape index (κ1) is 20.9. The number of hydrogen-bond donors (Lipinski definition) is 2. The van der Waals surface area contributed by atoms with Crippen LogP contribution in [0.15, 0.2) is 58.1 Å². The highest BCUT2D eigenvalue weighted by molar-refractivity contribution is 8.03. The first-order valence-electron chi connectivity index (χ1n) is 8.72.